The van der Waals surface area contributed by atoms with Gasteiger partial charge in [0, 0.05) is 11.9 Å². The Morgan fingerprint density at radius 2 is 2.14 bits per heavy atom. The van der Waals surface area contributed by atoms with Crippen LogP contribution in [0.4, 0.5) is 0 Å². The molecule has 3 heteroatoms. The molecule has 0 atom stereocenters. The minimum Gasteiger partial charge on any atom is -0.335 e. The summed E-state index contributed by atoms with van der Waals surface area (Å²) in [5, 5.41) is 1.98. The van der Waals surface area contributed by atoms with E-state index in [2.05, 4.69) is 40.4 Å². The van der Waals surface area contributed by atoms with Crippen LogP contribution in [0.5, 0.6) is 0 Å². The normalized spacial score (nSPS) is 11.1. The van der Waals surface area contributed by atoms with Gasteiger partial charge >= 0.3 is 0 Å². The first-order chi connectivity index (χ1) is 6.66. The van der Waals surface area contributed by atoms with Gasteiger partial charge in [-0.2, -0.15) is 0 Å². The number of hydrogen-bond donors (Lipinski definition) is 0. The number of rotatable bonds is 1. The topological polar surface area (TPSA) is 4.93 Å². The molecule has 0 spiro atoms. The Hall–Kier alpha value is -0.470. The van der Waals surface area contributed by atoms with Crippen molar-refractivity contribution in [3.63, 3.8) is 0 Å². The first-order valence-electron chi connectivity index (χ1n) is 4.59. The molecule has 1 aromatic heterocycles. The summed E-state index contributed by atoms with van der Waals surface area (Å²) in [5.41, 5.74) is 2.41. The van der Waals surface area contributed by atoms with Gasteiger partial charge in [-0.1, -0.05) is 17.7 Å². The number of aryl methyl sites for hydroxylation is 2. The molecule has 1 nitrogen and oxygen atoms in total. The molecule has 0 saturated carbocycles. The van der Waals surface area contributed by atoms with Gasteiger partial charge in [0.25, 0.3) is 0 Å². The van der Waals surface area contributed by atoms with Crippen molar-refractivity contribution in [3.05, 3.63) is 33.4 Å². The molecule has 0 bridgehead atoms. The van der Waals surface area contributed by atoms with Crippen molar-refractivity contribution in [2.24, 2.45) is 0 Å². The van der Waals surface area contributed by atoms with Crippen LogP contribution in [0.3, 0.4) is 0 Å². The third-order valence-corrected chi connectivity index (χ3v) is 3.86. The van der Waals surface area contributed by atoms with Crippen molar-refractivity contribution in [1.82, 2.24) is 4.57 Å². The average molecular weight is 273 g/mol. The number of aromatic nitrogens is 1. The molecule has 0 unspecified atom stereocenters. The highest BCUT2D eigenvalue weighted by Gasteiger charge is 2.12. The molecule has 0 radical (unpaired) electrons. The summed E-state index contributed by atoms with van der Waals surface area (Å²) in [4.78, 5) is 0. The van der Waals surface area contributed by atoms with Crippen LogP contribution >= 0.6 is 27.5 Å². The second-order valence-electron chi connectivity index (χ2n) is 3.29. The number of halogens is 2. The van der Waals surface area contributed by atoms with E-state index in [0.29, 0.717) is 0 Å². The fourth-order valence-corrected chi connectivity index (χ4v) is 2.78. The fraction of sp³-hybridized carbons (Fsp3) is 0.273. The summed E-state index contributed by atoms with van der Waals surface area (Å²) in [7, 11) is 0. The van der Waals surface area contributed by atoms with Crippen molar-refractivity contribution >= 4 is 38.4 Å². The SMILES string of the molecule is CCn1c(Br)c(C)c2c(Cl)cccc21. The predicted molar refractivity (Wildman–Crippen MR) is 65.1 cm³/mol. The molecule has 0 amide bonds. The maximum absolute atomic E-state index is 6.17. The van der Waals surface area contributed by atoms with Crippen LogP contribution in [-0.2, 0) is 6.54 Å². The van der Waals surface area contributed by atoms with Crippen molar-refractivity contribution in [2.45, 2.75) is 20.4 Å². The number of nitrogens with zero attached hydrogens (tertiary/aromatic N) is 1. The van der Waals surface area contributed by atoms with E-state index < -0.39 is 0 Å². The van der Waals surface area contributed by atoms with Gasteiger partial charge in [0.2, 0.25) is 0 Å². The number of benzene rings is 1. The van der Waals surface area contributed by atoms with E-state index in [4.69, 9.17) is 11.6 Å². The second-order valence-corrected chi connectivity index (χ2v) is 4.45. The van der Waals surface area contributed by atoms with Gasteiger partial charge in [0.1, 0.15) is 0 Å². The van der Waals surface area contributed by atoms with Gasteiger partial charge < -0.3 is 4.57 Å². The molecule has 0 saturated heterocycles. The van der Waals surface area contributed by atoms with E-state index in [1.807, 2.05) is 12.1 Å². The van der Waals surface area contributed by atoms with Gasteiger partial charge in [0.15, 0.2) is 0 Å². The zero-order valence-corrected chi connectivity index (χ0v) is 10.5. The summed E-state index contributed by atoms with van der Waals surface area (Å²) in [5.74, 6) is 0. The summed E-state index contributed by atoms with van der Waals surface area (Å²) in [6, 6.07) is 6.02. The Labute approximate surface area is 96.8 Å². The van der Waals surface area contributed by atoms with Crippen molar-refractivity contribution < 1.29 is 0 Å². The lowest BCUT2D eigenvalue weighted by Gasteiger charge is -2.02. The molecule has 2 rings (SSSR count). The van der Waals surface area contributed by atoms with Crippen molar-refractivity contribution in [3.8, 4) is 0 Å². The van der Waals surface area contributed by atoms with E-state index in [1.165, 1.54) is 11.1 Å². The van der Waals surface area contributed by atoms with E-state index >= 15 is 0 Å². The third kappa shape index (κ3) is 1.29. The van der Waals surface area contributed by atoms with Gasteiger partial charge in [-0.25, -0.2) is 0 Å². The van der Waals surface area contributed by atoms with Crippen LogP contribution in [0.2, 0.25) is 5.02 Å². The minimum atomic E-state index is 0.827. The lowest BCUT2D eigenvalue weighted by molar-refractivity contribution is 0.777. The molecular formula is C11H11BrClN. The van der Waals surface area contributed by atoms with Crippen LogP contribution in [0.25, 0.3) is 10.9 Å². The van der Waals surface area contributed by atoms with Gasteiger partial charge in [0.05, 0.1) is 15.1 Å². The molecule has 2 aromatic rings. The summed E-state index contributed by atoms with van der Waals surface area (Å²) >= 11 is 9.76. The fourth-order valence-electron chi connectivity index (χ4n) is 1.83. The highest BCUT2D eigenvalue weighted by atomic mass is 79.9. The molecule has 1 heterocycles. The lowest BCUT2D eigenvalue weighted by atomic mass is 10.2. The average Bonchev–Trinajstić information content (AvgIpc) is 2.41. The smallest absolute Gasteiger partial charge is 0.0887 e. The van der Waals surface area contributed by atoms with Crippen LogP contribution in [0, 0.1) is 6.92 Å². The number of fused-ring (bicyclic) bond motifs is 1. The predicted octanol–water partition coefficient (Wildman–Crippen LogP) is 4.39. The van der Waals surface area contributed by atoms with Crippen LogP contribution in [-0.4, -0.2) is 4.57 Å². The maximum atomic E-state index is 6.17. The van der Waals surface area contributed by atoms with Crippen LogP contribution < -0.4 is 0 Å². The van der Waals surface area contributed by atoms with Crippen LogP contribution in [0.15, 0.2) is 22.8 Å². The van der Waals surface area contributed by atoms with Crippen LogP contribution in [0.1, 0.15) is 12.5 Å². The maximum Gasteiger partial charge on any atom is 0.0887 e. The zero-order chi connectivity index (χ0) is 10.3. The molecule has 14 heavy (non-hydrogen) atoms. The largest absolute Gasteiger partial charge is 0.335 e. The monoisotopic (exact) mass is 271 g/mol. The highest BCUT2D eigenvalue weighted by Crippen LogP contribution is 2.34. The van der Waals surface area contributed by atoms with Gasteiger partial charge in [-0.05, 0) is 47.5 Å². The first-order valence-corrected chi connectivity index (χ1v) is 5.76. The van der Waals surface area contributed by atoms with Crippen molar-refractivity contribution in [2.75, 3.05) is 0 Å². The summed E-state index contributed by atoms with van der Waals surface area (Å²) in [6.07, 6.45) is 0. The second kappa shape index (κ2) is 3.59. The minimum absolute atomic E-state index is 0.827. The molecule has 1 aromatic carbocycles. The molecule has 74 valence electrons. The molecule has 0 fully saturated rings. The van der Waals surface area contributed by atoms with E-state index in [1.54, 1.807) is 0 Å². The number of hydrogen-bond acceptors (Lipinski definition) is 0. The van der Waals surface area contributed by atoms with E-state index in [-0.39, 0.29) is 0 Å². The standard InChI is InChI=1S/C11H11BrClN/c1-3-14-9-6-4-5-8(13)10(9)7(2)11(14)12/h4-6H,3H2,1-2H3. The van der Waals surface area contributed by atoms with Crippen molar-refractivity contribution in [1.29, 1.82) is 0 Å². The Morgan fingerprint density at radius 1 is 1.43 bits per heavy atom. The van der Waals surface area contributed by atoms with Gasteiger partial charge in [-0.3, -0.25) is 0 Å². The molecule has 0 aliphatic heterocycles. The molecule has 0 aliphatic rings. The highest BCUT2D eigenvalue weighted by molar-refractivity contribution is 9.10. The molecule has 0 N–H and O–H groups in total. The first kappa shape index (κ1) is 10.1. The summed E-state index contributed by atoms with van der Waals surface area (Å²) in [6.45, 7) is 5.17. The third-order valence-electron chi connectivity index (χ3n) is 2.52. The zero-order valence-electron chi connectivity index (χ0n) is 8.14. The molecule has 0 aliphatic carbocycles. The Balaban J connectivity index is 2.95. The van der Waals surface area contributed by atoms with E-state index in [9.17, 15) is 0 Å². The Bertz CT molecular complexity index is 487. The molecular weight excluding hydrogens is 261 g/mol. The lowest BCUT2D eigenvalue weighted by Crippen LogP contribution is -1.92. The van der Waals surface area contributed by atoms with E-state index in [0.717, 1.165) is 21.6 Å². The summed E-state index contributed by atoms with van der Waals surface area (Å²) < 4.78 is 3.35. The Morgan fingerprint density at radius 3 is 2.79 bits per heavy atom. The Kier molecular flexibility index (Phi) is 2.58. The quantitative estimate of drug-likeness (QED) is 0.726. The van der Waals surface area contributed by atoms with Gasteiger partial charge in [-0.15, -0.1) is 0 Å².